The minimum absolute atomic E-state index is 0.111. The smallest absolute Gasteiger partial charge is 0.251 e. The van der Waals surface area contributed by atoms with Gasteiger partial charge in [-0.3, -0.25) is 9.79 Å². The van der Waals surface area contributed by atoms with Gasteiger partial charge in [-0.1, -0.05) is 18.5 Å². The van der Waals surface area contributed by atoms with Crippen LogP contribution in [0.25, 0.3) is 0 Å². The van der Waals surface area contributed by atoms with E-state index in [1.54, 1.807) is 24.3 Å². The van der Waals surface area contributed by atoms with Gasteiger partial charge in [-0.05, 0) is 43.5 Å². The number of amides is 1. The molecule has 1 aromatic rings. The Bertz CT molecular complexity index is 529. The topological polar surface area (TPSA) is 65.5 Å². The van der Waals surface area contributed by atoms with E-state index in [9.17, 15) is 4.79 Å². The lowest BCUT2D eigenvalue weighted by Crippen LogP contribution is -2.39. The highest BCUT2D eigenvalue weighted by Gasteiger charge is 2.33. The molecule has 5 nitrogen and oxygen atoms in total. The van der Waals surface area contributed by atoms with E-state index in [1.165, 1.54) is 6.42 Å². The molecular formula is C16H23ClN4O. The number of guanidine groups is 1. The fourth-order valence-electron chi connectivity index (χ4n) is 2.06. The van der Waals surface area contributed by atoms with Crippen LogP contribution in [0, 0.1) is 5.92 Å². The molecule has 0 aromatic heterocycles. The minimum atomic E-state index is -0.111. The lowest BCUT2D eigenvalue weighted by molar-refractivity contribution is 0.0955. The van der Waals surface area contributed by atoms with Gasteiger partial charge in [0, 0.05) is 29.7 Å². The fourth-order valence-corrected chi connectivity index (χ4v) is 2.19. The van der Waals surface area contributed by atoms with Crippen molar-refractivity contribution in [2.24, 2.45) is 10.9 Å². The molecule has 1 aromatic carbocycles. The average molecular weight is 323 g/mol. The number of nitrogens with zero attached hydrogens (tertiary/aromatic N) is 1. The maximum atomic E-state index is 11.9. The van der Waals surface area contributed by atoms with Gasteiger partial charge in [0.1, 0.15) is 0 Å². The maximum Gasteiger partial charge on any atom is 0.251 e. The molecule has 2 atom stereocenters. The molecule has 0 saturated heterocycles. The molecular weight excluding hydrogens is 300 g/mol. The van der Waals surface area contributed by atoms with Gasteiger partial charge in [0.05, 0.1) is 6.54 Å². The van der Waals surface area contributed by atoms with E-state index in [4.69, 9.17) is 11.6 Å². The summed E-state index contributed by atoms with van der Waals surface area (Å²) in [5.74, 6) is 1.42. The van der Waals surface area contributed by atoms with E-state index in [0.29, 0.717) is 35.6 Å². The molecule has 0 aliphatic heterocycles. The minimum Gasteiger partial charge on any atom is -0.357 e. The Hall–Kier alpha value is -1.75. The van der Waals surface area contributed by atoms with Crippen LogP contribution in [0.3, 0.4) is 0 Å². The highest BCUT2D eigenvalue weighted by molar-refractivity contribution is 6.30. The van der Waals surface area contributed by atoms with Crippen molar-refractivity contribution in [2.45, 2.75) is 26.3 Å². The summed E-state index contributed by atoms with van der Waals surface area (Å²) in [4.78, 5) is 16.4. The maximum absolute atomic E-state index is 11.9. The second kappa shape index (κ2) is 8.03. The van der Waals surface area contributed by atoms with Crippen LogP contribution in [-0.4, -0.2) is 37.5 Å². The Labute approximate surface area is 136 Å². The number of carbonyl (C=O) groups is 1. The van der Waals surface area contributed by atoms with E-state index >= 15 is 0 Å². The van der Waals surface area contributed by atoms with Crippen molar-refractivity contribution in [1.29, 1.82) is 0 Å². The van der Waals surface area contributed by atoms with Gasteiger partial charge in [0.25, 0.3) is 5.91 Å². The van der Waals surface area contributed by atoms with Crippen molar-refractivity contribution in [1.82, 2.24) is 16.0 Å². The Balaban J connectivity index is 1.75. The second-order valence-electron chi connectivity index (χ2n) is 5.49. The van der Waals surface area contributed by atoms with Crippen molar-refractivity contribution in [2.75, 3.05) is 19.6 Å². The molecule has 0 spiro atoms. The average Bonchev–Trinajstić information content (AvgIpc) is 3.19. The molecule has 3 N–H and O–H groups in total. The zero-order valence-electron chi connectivity index (χ0n) is 13.0. The zero-order valence-corrected chi connectivity index (χ0v) is 13.8. The number of halogens is 1. The number of nitrogens with one attached hydrogen (secondary N) is 3. The van der Waals surface area contributed by atoms with Crippen molar-refractivity contribution >= 4 is 23.5 Å². The third kappa shape index (κ3) is 5.22. The molecule has 120 valence electrons. The molecule has 2 unspecified atom stereocenters. The van der Waals surface area contributed by atoms with Crippen molar-refractivity contribution in [3.63, 3.8) is 0 Å². The SMILES string of the molecule is CCNC(=NCCNC(=O)c1ccc(Cl)cc1)NC1CC1C. The molecule has 1 fully saturated rings. The Morgan fingerprint density at radius 1 is 1.32 bits per heavy atom. The molecule has 2 rings (SSSR count). The first-order valence-electron chi connectivity index (χ1n) is 7.68. The summed E-state index contributed by atoms with van der Waals surface area (Å²) in [6.45, 7) is 6.11. The molecule has 0 heterocycles. The van der Waals surface area contributed by atoms with Crippen LogP contribution in [0.5, 0.6) is 0 Å². The third-order valence-electron chi connectivity index (χ3n) is 3.55. The first kappa shape index (κ1) is 16.6. The number of benzene rings is 1. The van der Waals surface area contributed by atoms with Gasteiger partial charge in [-0.2, -0.15) is 0 Å². The van der Waals surface area contributed by atoms with Gasteiger partial charge >= 0.3 is 0 Å². The first-order valence-corrected chi connectivity index (χ1v) is 8.06. The Kier molecular flexibility index (Phi) is 6.07. The van der Waals surface area contributed by atoms with E-state index in [-0.39, 0.29) is 5.91 Å². The number of hydrogen-bond donors (Lipinski definition) is 3. The Morgan fingerprint density at radius 3 is 2.59 bits per heavy atom. The van der Waals surface area contributed by atoms with Crippen LogP contribution in [0.2, 0.25) is 5.02 Å². The van der Waals surface area contributed by atoms with Crippen LogP contribution >= 0.6 is 11.6 Å². The number of hydrogen-bond acceptors (Lipinski definition) is 2. The van der Waals surface area contributed by atoms with Gasteiger partial charge in [-0.25, -0.2) is 0 Å². The van der Waals surface area contributed by atoms with Crippen LogP contribution in [0.15, 0.2) is 29.3 Å². The highest BCUT2D eigenvalue weighted by atomic mass is 35.5. The predicted molar refractivity (Wildman–Crippen MR) is 90.5 cm³/mol. The van der Waals surface area contributed by atoms with Crippen LogP contribution in [0.4, 0.5) is 0 Å². The normalized spacial score (nSPS) is 20.4. The molecule has 0 radical (unpaired) electrons. The summed E-state index contributed by atoms with van der Waals surface area (Å²) < 4.78 is 0. The highest BCUT2D eigenvalue weighted by Crippen LogP contribution is 2.28. The molecule has 1 amide bonds. The Morgan fingerprint density at radius 2 is 2.00 bits per heavy atom. The summed E-state index contributed by atoms with van der Waals surface area (Å²) in [6.07, 6.45) is 1.19. The number of carbonyl (C=O) groups excluding carboxylic acids is 1. The van der Waals surface area contributed by atoms with Crippen LogP contribution in [0.1, 0.15) is 30.6 Å². The zero-order chi connectivity index (χ0) is 15.9. The van der Waals surface area contributed by atoms with E-state index in [1.807, 2.05) is 6.92 Å². The monoisotopic (exact) mass is 322 g/mol. The molecule has 1 aliphatic rings. The van der Waals surface area contributed by atoms with Crippen molar-refractivity contribution in [3.05, 3.63) is 34.9 Å². The summed E-state index contributed by atoms with van der Waals surface area (Å²) in [5.41, 5.74) is 0.602. The van der Waals surface area contributed by atoms with Crippen LogP contribution in [-0.2, 0) is 0 Å². The molecule has 6 heteroatoms. The number of aliphatic imine (C=N–C) groups is 1. The van der Waals surface area contributed by atoms with Crippen molar-refractivity contribution in [3.8, 4) is 0 Å². The van der Waals surface area contributed by atoms with Crippen molar-refractivity contribution < 1.29 is 4.79 Å². The summed E-state index contributed by atoms with van der Waals surface area (Å²) >= 11 is 5.80. The largest absolute Gasteiger partial charge is 0.357 e. The lowest BCUT2D eigenvalue weighted by atomic mass is 10.2. The fraction of sp³-hybridized carbons (Fsp3) is 0.500. The molecule has 1 saturated carbocycles. The van der Waals surface area contributed by atoms with E-state index in [2.05, 4.69) is 27.9 Å². The quantitative estimate of drug-likeness (QED) is 0.426. The van der Waals surface area contributed by atoms with Gasteiger partial charge < -0.3 is 16.0 Å². The van der Waals surface area contributed by atoms with Gasteiger partial charge in [0.2, 0.25) is 0 Å². The second-order valence-corrected chi connectivity index (χ2v) is 5.92. The summed E-state index contributed by atoms with van der Waals surface area (Å²) in [6, 6.07) is 7.36. The number of rotatable bonds is 6. The summed E-state index contributed by atoms with van der Waals surface area (Å²) in [7, 11) is 0. The van der Waals surface area contributed by atoms with Crippen LogP contribution < -0.4 is 16.0 Å². The standard InChI is InChI=1S/C16H23ClN4O/c1-3-18-16(21-14-10-11(14)2)20-9-8-19-15(22)12-4-6-13(17)7-5-12/h4-7,11,14H,3,8-10H2,1-2H3,(H,19,22)(H2,18,20,21). The third-order valence-corrected chi connectivity index (χ3v) is 3.80. The van der Waals surface area contributed by atoms with Gasteiger partial charge in [0.15, 0.2) is 5.96 Å². The lowest BCUT2D eigenvalue weighted by Gasteiger charge is -2.11. The predicted octanol–water partition coefficient (Wildman–Crippen LogP) is 2.03. The summed E-state index contributed by atoms with van der Waals surface area (Å²) in [5, 5.41) is 10.1. The van der Waals surface area contributed by atoms with E-state index < -0.39 is 0 Å². The van der Waals surface area contributed by atoms with Gasteiger partial charge in [-0.15, -0.1) is 0 Å². The molecule has 0 bridgehead atoms. The molecule has 1 aliphatic carbocycles. The first-order chi connectivity index (χ1) is 10.6. The van der Waals surface area contributed by atoms with E-state index in [0.717, 1.165) is 12.5 Å². The molecule has 22 heavy (non-hydrogen) atoms.